The third kappa shape index (κ3) is 3.23. The van der Waals surface area contributed by atoms with Gasteiger partial charge in [0.1, 0.15) is 0 Å². The normalized spacial score (nSPS) is 26.8. The average molecular weight is 430 g/mol. The minimum Gasteiger partial charge on any atom is -0.341 e. The van der Waals surface area contributed by atoms with Crippen LogP contribution in [-0.4, -0.2) is 52.9 Å². The zero-order chi connectivity index (χ0) is 22.3. The van der Waals surface area contributed by atoms with Gasteiger partial charge in [0, 0.05) is 23.5 Å². The Morgan fingerprint density at radius 3 is 2.12 bits per heavy atom. The van der Waals surface area contributed by atoms with Gasteiger partial charge in [-0.05, 0) is 83.4 Å². The molecule has 0 amide bonds. The Morgan fingerprint density at radius 1 is 0.875 bits per heavy atom. The molecule has 1 aliphatic heterocycles. The molecule has 2 aliphatic rings. The molecule has 4 heteroatoms. The van der Waals surface area contributed by atoms with E-state index in [4.69, 9.17) is 0 Å². The molecule has 2 heterocycles. The Morgan fingerprint density at radius 2 is 1.50 bits per heavy atom. The van der Waals surface area contributed by atoms with Crippen molar-refractivity contribution in [2.24, 2.45) is 7.05 Å². The summed E-state index contributed by atoms with van der Waals surface area (Å²) in [6.45, 7) is 2.08. The lowest BCUT2D eigenvalue weighted by molar-refractivity contribution is 0.00524. The minimum atomic E-state index is -0.396. The Bertz CT molecular complexity index is 1100. The maximum atomic E-state index is 14.3. The summed E-state index contributed by atoms with van der Waals surface area (Å²) in [6, 6.07) is 21.3. The highest BCUT2D eigenvalue weighted by atomic mass is 16.1. The number of ketones is 1. The fourth-order valence-corrected chi connectivity index (χ4v) is 6.40. The maximum absolute atomic E-state index is 14.3. The molecule has 2 aromatic carbocycles. The Kier molecular flexibility index (Phi) is 5.47. The first-order valence-electron chi connectivity index (χ1n) is 12.1. The third-order valence-corrected chi connectivity index (χ3v) is 8.39. The number of carbonyl (C=O) groups is 1. The van der Waals surface area contributed by atoms with Crippen LogP contribution >= 0.6 is 0 Å². The molecule has 2 fully saturated rings. The molecule has 1 saturated carbocycles. The minimum absolute atomic E-state index is 0.0102. The van der Waals surface area contributed by atoms with Gasteiger partial charge in [0.2, 0.25) is 0 Å². The van der Waals surface area contributed by atoms with Crippen LogP contribution in [0.5, 0.6) is 0 Å². The van der Waals surface area contributed by atoms with Gasteiger partial charge < -0.3 is 4.57 Å². The van der Waals surface area contributed by atoms with Crippen molar-refractivity contribution in [1.29, 1.82) is 0 Å². The number of likely N-dealkylation sites (tertiary alicyclic amines) is 1. The lowest BCUT2D eigenvalue weighted by atomic mass is 9.66. The lowest BCUT2D eigenvalue weighted by Gasteiger charge is -2.52. The lowest BCUT2D eigenvalue weighted by Crippen LogP contribution is -2.59. The van der Waals surface area contributed by atoms with Crippen LogP contribution in [0.15, 0.2) is 60.7 Å². The number of aromatic nitrogens is 1. The van der Waals surface area contributed by atoms with E-state index in [1.54, 1.807) is 0 Å². The Hall–Kier alpha value is -2.43. The molecule has 4 nitrogen and oxygen atoms in total. The number of para-hydroxylation sites is 1. The summed E-state index contributed by atoms with van der Waals surface area (Å²) in [6.07, 6.45) is 6.19. The van der Waals surface area contributed by atoms with Crippen molar-refractivity contribution in [3.8, 4) is 0 Å². The summed E-state index contributed by atoms with van der Waals surface area (Å²) in [5, 5.41) is 1.15. The number of carbonyl (C=O) groups excluding carboxylic acids is 1. The highest BCUT2D eigenvalue weighted by Gasteiger charge is 2.52. The van der Waals surface area contributed by atoms with Crippen LogP contribution in [0.25, 0.3) is 10.9 Å². The number of benzene rings is 2. The SMILES string of the molecule is CN(C)C1(c2ccccc2)CCC(C(=O)c2cc3ccccc3n2C)(N2CCCC2)CC1. The van der Waals surface area contributed by atoms with Crippen LogP contribution < -0.4 is 0 Å². The van der Waals surface area contributed by atoms with E-state index in [1.165, 1.54) is 18.4 Å². The predicted molar refractivity (Wildman–Crippen MR) is 131 cm³/mol. The van der Waals surface area contributed by atoms with Gasteiger partial charge in [-0.3, -0.25) is 14.6 Å². The molecule has 3 aromatic rings. The number of hydrogen-bond donors (Lipinski definition) is 0. The monoisotopic (exact) mass is 429 g/mol. The van der Waals surface area contributed by atoms with Crippen molar-refractivity contribution in [3.05, 3.63) is 71.9 Å². The summed E-state index contributed by atoms with van der Waals surface area (Å²) >= 11 is 0. The van der Waals surface area contributed by atoms with E-state index in [0.717, 1.165) is 55.4 Å². The average Bonchev–Trinajstić information content (AvgIpc) is 3.48. The van der Waals surface area contributed by atoms with Crippen molar-refractivity contribution in [1.82, 2.24) is 14.4 Å². The molecule has 168 valence electrons. The van der Waals surface area contributed by atoms with E-state index in [-0.39, 0.29) is 5.54 Å². The predicted octanol–water partition coefficient (Wildman–Crippen LogP) is 5.23. The van der Waals surface area contributed by atoms with Crippen molar-refractivity contribution in [3.63, 3.8) is 0 Å². The number of rotatable bonds is 5. The molecule has 0 spiro atoms. The first-order valence-corrected chi connectivity index (χ1v) is 12.1. The molecule has 0 N–H and O–H groups in total. The van der Waals surface area contributed by atoms with Crippen LogP contribution in [-0.2, 0) is 12.6 Å². The van der Waals surface area contributed by atoms with Crippen molar-refractivity contribution in [2.45, 2.75) is 49.6 Å². The number of hydrogen-bond acceptors (Lipinski definition) is 3. The molecular weight excluding hydrogens is 394 g/mol. The van der Waals surface area contributed by atoms with Gasteiger partial charge in [-0.15, -0.1) is 0 Å². The second-order valence-electron chi connectivity index (χ2n) is 9.99. The van der Waals surface area contributed by atoms with Gasteiger partial charge in [-0.2, -0.15) is 0 Å². The molecule has 0 atom stereocenters. The fourth-order valence-electron chi connectivity index (χ4n) is 6.40. The van der Waals surface area contributed by atoms with Gasteiger partial charge in [0.15, 0.2) is 5.78 Å². The molecule has 0 unspecified atom stereocenters. The zero-order valence-electron chi connectivity index (χ0n) is 19.7. The maximum Gasteiger partial charge on any atom is 0.199 e. The summed E-state index contributed by atoms with van der Waals surface area (Å²) in [4.78, 5) is 19.3. The zero-order valence-corrected chi connectivity index (χ0v) is 19.7. The Labute approximate surface area is 191 Å². The van der Waals surface area contributed by atoms with E-state index in [9.17, 15) is 4.79 Å². The molecule has 1 saturated heterocycles. The number of nitrogens with zero attached hydrogens (tertiary/aromatic N) is 3. The summed E-state index contributed by atoms with van der Waals surface area (Å²) in [5.74, 6) is 0.318. The third-order valence-electron chi connectivity index (χ3n) is 8.39. The summed E-state index contributed by atoms with van der Waals surface area (Å²) in [7, 11) is 6.44. The summed E-state index contributed by atoms with van der Waals surface area (Å²) in [5.41, 5.74) is 2.96. The van der Waals surface area contributed by atoms with E-state index in [1.807, 2.05) is 7.05 Å². The molecule has 0 radical (unpaired) electrons. The molecule has 1 aromatic heterocycles. The second kappa shape index (κ2) is 8.17. The van der Waals surface area contributed by atoms with Gasteiger partial charge in [0.05, 0.1) is 11.2 Å². The largest absolute Gasteiger partial charge is 0.341 e. The van der Waals surface area contributed by atoms with Crippen molar-refractivity contribution < 1.29 is 4.79 Å². The number of fused-ring (bicyclic) bond motifs is 1. The van der Waals surface area contributed by atoms with Crippen LogP contribution in [0.3, 0.4) is 0 Å². The summed E-state index contributed by atoms with van der Waals surface area (Å²) < 4.78 is 2.11. The van der Waals surface area contributed by atoms with E-state index in [0.29, 0.717) is 5.78 Å². The van der Waals surface area contributed by atoms with Crippen LogP contribution in [0.1, 0.15) is 54.6 Å². The standard InChI is InChI=1S/C28H35N3O/c1-29(2)27(23-12-5-4-6-13-23)15-17-28(18-16-27,31-19-9-10-20-31)26(32)25-21-22-11-7-8-14-24(22)30(25)3/h4-8,11-14,21H,9-10,15-20H2,1-3H3. The van der Waals surface area contributed by atoms with Crippen LogP contribution in [0.2, 0.25) is 0 Å². The number of Topliss-reactive ketones (excluding diaryl/α,β-unsaturated/α-hetero) is 1. The Balaban J connectivity index is 1.54. The van der Waals surface area contributed by atoms with Crippen molar-refractivity contribution in [2.75, 3.05) is 27.2 Å². The van der Waals surface area contributed by atoms with E-state index < -0.39 is 5.54 Å². The number of aryl methyl sites for hydroxylation is 1. The molecule has 1 aliphatic carbocycles. The van der Waals surface area contributed by atoms with Crippen LogP contribution in [0.4, 0.5) is 0 Å². The van der Waals surface area contributed by atoms with Gasteiger partial charge in [-0.25, -0.2) is 0 Å². The van der Waals surface area contributed by atoms with Gasteiger partial charge >= 0.3 is 0 Å². The molecule has 5 rings (SSSR count). The molecule has 0 bridgehead atoms. The first kappa shape index (κ1) is 21.4. The van der Waals surface area contributed by atoms with Crippen LogP contribution in [0, 0.1) is 0 Å². The van der Waals surface area contributed by atoms with Gasteiger partial charge in [-0.1, -0.05) is 48.5 Å². The second-order valence-corrected chi connectivity index (χ2v) is 9.99. The molecule has 32 heavy (non-hydrogen) atoms. The van der Waals surface area contributed by atoms with E-state index >= 15 is 0 Å². The topological polar surface area (TPSA) is 28.5 Å². The smallest absolute Gasteiger partial charge is 0.199 e. The highest BCUT2D eigenvalue weighted by Crippen LogP contribution is 2.48. The molecular formula is C28H35N3O. The fraction of sp³-hybridized carbons (Fsp3) is 0.464. The van der Waals surface area contributed by atoms with E-state index in [2.05, 4.69) is 89.1 Å². The van der Waals surface area contributed by atoms with Crippen molar-refractivity contribution >= 4 is 16.7 Å². The highest BCUT2D eigenvalue weighted by molar-refractivity contribution is 6.05. The first-order chi connectivity index (χ1) is 15.5. The quantitative estimate of drug-likeness (QED) is 0.520. The van der Waals surface area contributed by atoms with Gasteiger partial charge in [0.25, 0.3) is 0 Å².